The number of thiazole rings is 1. The highest BCUT2D eigenvalue weighted by atomic mass is 35.5. The van der Waals surface area contributed by atoms with Gasteiger partial charge in [-0.05, 0) is 43.5 Å². The van der Waals surface area contributed by atoms with Crippen LogP contribution in [0.3, 0.4) is 0 Å². The number of amides is 1. The minimum atomic E-state index is -1.15. The number of carbonyl (C=O) groups is 2. The number of rotatable bonds is 4. The van der Waals surface area contributed by atoms with Crippen LogP contribution in [0, 0.1) is 0 Å². The summed E-state index contributed by atoms with van der Waals surface area (Å²) in [6.45, 7) is 1.62. The maximum Gasteiger partial charge on any atom is 0.280 e. The highest BCUT2D eigenvalue weighted by Gasteiger charge is 2.47. The van der Waals surface area contributed by atoms with Gasteiger partial charge in [0.15, 0.2) is 5.01 Å². The van der Waals surface area contributed by atoms with Crippen LogP contribution in [0.5, 0.6) is 0 Å². The van der Waals surface area contributed by atoms with Crippen molar-refractivity contribution < 1.29 is 9.59 Å². The molecule has 2 atom stereocenters. The Morgan fingerprint density at radius 1 is 1.32 bits per heavy atom. The standard InChI is InChI=1S/C21H22ClN5O2S.ClH/c22-12-3-4-13-11(8-12)9-15(25-13)18(28)21(23)6-1-2-17(21)27-19(29)20-26-14-5-7-24-10-16(14)30-20;/h3-4,8-9,17,24-25H,1-2,5-7,10,23H2,(H,27,29);1H. The molecule has 1 aliphatic heterocycles. The Morgan fingerprint density at radius 3 is 2.97 bits per heavy atom. The molecular weight excluding hydrogens is 457 g/mol. The van der Waals surface area contributed by atoms with E-state index < -0.39 is 11.6 Å². The van der Waals surface area contributed by atoms with Crippen LogP contribution < -0.4 is 16.4 Å². The summed E-state index contributed by atoms with van der Waals surface area (Å²) in [5, 5.41) is 8.18. The molecule has 3 aromatic rings. The Balaban J connectivity index is 0.00000231. The van der Waals surface area contributed by atoms with E-state index in [2.05, 4.69) is 20.6 Å². The lowest BCUT2D eigenvalue weighted by Crippen LogP contribution is -2.60. The van der Waals surface area contributed by atoms with Gasteiger partial charge < -0.3 is 21.4 Å². The number of benzene rings is 1. The van der Waals surface area contributed by atoms with Gasteiger partial charge in [-0.1, -0.05) is 11.6 Å². The van der Waals surface area contributed by atoms with E-state index in [1.54, 1.807) is 18.2 Å². The number of H-pyrrole nitrogens is 1. The SMILES string of the molecule is Cl.NC1(C(=O)c2cc3cc(Cl)ccc3[nH]2)CCCC1NC(=O)c1nc2c(s1)CNCC2. The second-order valence-electron chi connectivity index (χ2n) is 8.02. The smallest absolute Gasteiger partial charge is 0.280 e. The first-order valence-electron chi connectivity index (χ1n) is 10.1. The monoisotopic (exact) mass is 479 g/mol. The highest BCUT2D eigenvalue weighted by Crippen LogP contribution is 2.33. The van der Waals surface area contributed by atoms with Crippen molar-refractivity contribution in [3.63, 3.8) is 0 Å². The number of nitrogens with zero attached hydrogens (tertiary/aromatic N) is 1. The molecule has 2 aromatic heterocycles. The predicted octanol–water partition coefficient (Wildman–Crippen LogP) is 3.21. The average molecular weight is 480 g/mol. The molecule has 164 valence electrons. The Bertz CT molecular complexity index is 1140. The highest BCUT2D eigenvalue weighted by molar-refractivity contribution is 7.13. The van der Waals surface area contributed by atoms with Crippen LogP contribution >= 0.6 is 35.3 Å². The van der Waals surface area contributed by atoms with Crippen LogP contribution in [0.15, 0.2) is 24.3 Å². The molecule has 5 rings (SSSR count). The predicted molar refractivity (Wildman–Crippen MR) is 124 cm³/mol. The molecule has 0 saturated heterocycles. The van der Waals surface area contributed by atoms with Crippen LogP contribution in [0.2, 0.25) is 5.02 Å². The van der Waals surface area contributed by atoms with Gasteiger partial charge in [-0.3, -0.25) is 9.59 Å². The number of nitrogens with two attached hydrogens (primary N) is 1. The fraction of sp³-hybridized carbons (Fsp3) is 0.381. The summed E-state index contributed by atoms with van der Waals surface area (Å²) in [6, 6.07) is 6.75. The lowest BCUT2D eigenvalue weighted by atomic mass is 9.87. The van der Waals surface area contributed by atoms with Gasteiger partial charge in [-0.15, -0.1) is 23.7 Å². The molecule has 0 bridgehead atoms. The number of aromatic amines is 1. The molecule has 2 unspecified atom stereocenters. The van der Waals surface area contributed by atoms with Crippen molar-refractivity contribution >= 4 is 57.9 Å². The molecule has 0 spiro atoms. The minimum absolute atomic E-state index is 0. The van der Waals surface area contributed by atoms with E-state index in [0.717, 1.165) is 47.4 Å². The number of carbonyl (C=O) groups excluding carboxylic acids is 2. The zero-order valence-electron chi connectivity index (χ0n) is 16.7. The first-order valence-corrected chi connectivity index (χ1v) is 11.3. The van der Waals surface area contributed by atoms with Gasteiger partial charge in [-0.25, -0.2) is 4.98 Å². The third kappa shape index (κ3) is 3.99. The normalized spacial score (nSPS) is 22.7. The van der Waals surface area contributed by atoms with E-state index in [4.69, 9.17) is 17.3 Å². The molecule has 5 N–H and O–H groups in total. The maximum absolute atomic E-state index is 13.3. The first kappa shape index (κ1) is 22.2. The zero-order valence-corrected chi connectivity index (χ0v) is 19.1. The Kier molecular flexibility index (Phi) is 6.11. The summed E-state index contributed by atoms with van der Waals surface area (Å²) in [4.78, 5) is 35.0. The van der Waals surface area contributed by atoms with E-state index in [1.807, 2.05) is 6.07 Å². The number of nitrogens with one attached hydrogen (secondary N) is 3. The average Bonchev–Trinajstić information content (AvgIpc) is 3.44. The molecule has 3 heterocycles. The Morgan fingerprint density at radius 2 is 2.16 bits per heavy atom. The van der Waals surface area contributed by atoms with Crippen molar-refractivity contribution in [2.45, 2.75) is 43.8 Å². The van der Waals surface area contributed by atoms with Crippen molar-refractivity contribution in [1.82, 2.24) is 20.6 Å². The molecule has 7 nitrogen and oxygen atoms in total. The summed E-state index contributed by atoms with van der Waals surface area (Å²) in [7, 11) is 0. The molecule has 1 fully saturated rings. The molecule has 10 heteroatoms. The van der Waals surface area contributed by atoms with Gasteiger partial charge in [0.25, 0.3) is 5.91 Å². The second-order valence-corrected chi connectivity index (χ2v) is 9.54. The van der Waals surface area contributed by atoms with Gasteiger partial charge in [0.05, 0.1) is 17.4 Å². The number of Topliss-reactive ketones (excluding diaryl/α,β-unsaturated/α-hetero) is 1. The van der Waals surface area contributed by atoms with Crippen LogP contribution in [0.25, 0.3) is 10.9 Å². The first-order chi connectivity index (χ1) is 14.4. The topological polar surface area (TPSA) is 113 Å². The third-order valence-corrected chi connectivity index (χ3v) is 7.39. The van der Waals surface area contributed by atoms with Crippen molar-refractivity contribution in [1.29, 1.82) is 0 Å². The molecule has 1 saturated carbocycles. The molecule has 2 aliphatic rings. The van der Waals surface area contributed by atoms with Crippen LogP contribution in [-0.2, 0) is 13.0 Å². The Hall–Kier alpha value is -1.97. The molecule has 0 radical (unpaired) electrons. The van der Waals surface area contributed by atoms with Crippen LogP contribution in [0.4, 0.5) is 0 Å². The van der Waals surface area contributed by atoms with Gasteiger partial charge in [0.2, 0.25) is 5.78 Å². The van der Waals surface area contributed by atoms with E-state index in [0.29, 0.717) is 28.6 Å². The number of ketones is 1. The van der Waals surface area contributed by atoms with Gasteiger partial charge in [0.1, 0.15) is 5.54 Å². The quantitative estimate of drug-likeness (QED) is 0.429. The lowest BCUT2D eigenvalue weighted by Gasteiger charge is -2.30. The van der Waals surface area contributed by atoms with Gasteiger partial charge >= 0.3 is 0 Å². The van der Waals surface area contributed by atoms with Crippen molar-refractivity contribution in [2.24, 2.45) is 5.73 Å². The number of aromatic nitrogens is 2. The summed E-state index contributed by atoms with van der Waals surface area (Å²) < 4.78 is 0. The fourth-order valence-corrected chi connectivity index (χ4v) is 5.58. The second kappa shape index (κ2) is 8.52. The van der Waals surface area contributed by atoms with E-state index in [1.165, 1.54) is 11.3 Å². The minimum Gasteiger partial charge on any atom is -0.352 e. The fourth-order valence-electron chi connectivity index (χ4n) is 4.42. The van der Waals surface area contributed by atoms with E-state index >= 15 is 0 Å². The van der Waals surface area contributed by atoms with Crippen molar-refractivity contribution in [2.75, 3.05) is 6.54 Å². The largest absolute Gasteiger partial charge is 0.352 e. The van der Waals surface area contributed by atoms with E-state index in [-0.39, 0.29) is 24.1 Å². The summed E-state index contributed by atoms with van der Waals surface area (Å²) in [5.74, 6) is -0.451. The number of halogens is 2. The summed E-state index contributed by atoms with van der Waals surface area (Å²) >= 11 is 7.46. The Labute approximate surface area is 194 Å². The van der Waals surface area contributed by atoms with Crippen LogP contribution in [0.1, 0.15) is 50.1 Å². The summed E-state index contributed by atoms with van der Waals surface area (Å²) in [5.41, 5.74) is 7.71. The lowest BCUT2D eigenvalue weighted by molar-refractivity contribution is 0.0831. The van der Waals surface area contributed by atoms with Gasteiger partial charge in [-0.2, -0.15) is 0 Å². The third-order valence-electron chi connectivity index (χ3n) is 6.06. The number of hydrogen-bond donors (Lipinski definition) is 4. The zero-order chi connectivity index (χ0) is 20.9. The van der Waals surface area contributed by atoms with Crippen LogP contribution in [-0.4, -0.2) is 39.8 Å². The molecule has 1 aromatic carbocycles. The maximum atomic E-state index is 13.3. The van der Waals surface area contributed by atoms with Crippen molar-refractivity contribution in [3.8, 4) is 0 Å². The molecule has 31 heavy (non-hydrogen) atoms. The molecule has 1 amide bonds. The number of fused-ring (bicyclic) bond motifs is 2. The molecular formula is C21H23Cl2N5O2S. The number of hydrogen-bond acceptors (Lipinski definition) is 6. The van der Waals surface area contributed by atoms with Crippen molar-refractivity contribution in [3.05, 3.63) is 50.6 Å². The van der Waals surface area contributed by atoms with Gasteiger partial charge in [0, 0.05) is 40.3 Å². The molecule has 1 aliphatic carbocycles. The summed E-state index contributed by atoms with van der Waals surface area (Å²) in [6.07, 6.45) is 2.78. The van der Waals surface area contributed by atoms with E-state index in [9.17, 15) is 9.59 Å².